The molecule has 0 saturated heterocycles. The van der Waals surface area contributed by atoms with Gasteiger partial charge in [0.15, 0.2) is 0 Å². The Morgan fingerprint density at radius 2 is 1.86 bits per heavy atom. The van der Waals surface area contributed by atoms with Crippen LogP contribution in [0.4, 0.5) is 10.2 Å². The van der Waals surface area contributed by atoms with E-state index < -0.39 is 5.69 Å². The third-order valence-electron chi connectivity index (χ3n) is 4.61. The fourth-order valence-electron chi connectivity index (χ4n) is 3.00. The Balaban J connectivity index is 1.76. The van der Waals surface area contributed by atoms with Crippen molar-refractivity contribution in [1.29, 1.82) is 0 Å². The summed E-state index contributed by atoms with van der Waals surface area (Å²) in [5.41, 5.74) is 0.948. The van der Waals surface area contributed by atoms with Gasteiger partial charge in [0, 0.05) is 18.5 Å². The van der Waals surface area contributed by atoms with Gasteiger partial charge in [-0.05, 0) is 42.2 Å². The molecule has 0 radical (unpaired) electrons. The Morgan fingerprint density at radius 1 is 1.14 bits per heavy atom. The molecule has 0 atom stereocenters. The van der Waals surface area contributed by atoms with Gasteiger partial charge in [-0.1, -0.05) is 38.1 Å². The van der Waals surface area contributed by atoms with Gasteiger partial charge in [-0.2, -0.15) is 4.98 Å². The molecule has 0 saturated carbocycles. The molecule has 0 aliphatic carbocycles. The van der Waals surface area contributed by atoms with E-state index in [1.807, 2.05) is 18.2 Å². The van der Waals surface area contributed by atoms with Gasteiger partial charge in [0.05, 0.1) is 5.52 Å². The molecule has 152 valence electrons. The predicted molar refractivity (Wildman–Crippen MR) is 112 cm³/mol. The summed E-state index contributed by atoms with van der Waals surface area (Å²) < 4.78 is 14.3. The van der Waals surface area contributed by atoms with Crippen molar-refractivity contribution in [2.45, 2.75) is 33.4 Å². The number of para-hydroxylation sites is 1. The van der Waals surface area contributed by atoms with Crippen LogP contribution in [0.15, 0.2) is 53.3 Å². The number of halogens is 1. The Kier molecular flexibility index (Phi) is 6.59. The minimum Gasteiger partial charge on any atom is -0.369 e. The van der Waals surface area contributed by atoms with Crippen LogP contribution in [-0.2, 0) is 17.9 Å². The number of hydrogen-bond donors (Lipinski definition) is 2. The maximum Gasteiger partial charge on any atom is 0.350 e. The zero-order valence-corrected chi connectivity index (χ0v) is 16.6. The van der Waals surface area contributed by atoms with Crippen LogP contribution in [0.2, 0.25) is 0 Å². The first-order valence-corrected chi connectivity index (χ1v) is 9.68. The number of rotatable bonds is 8. The van der Waals surface area contributed by atoms with Crippen LogP contribution in [0.3, 0.4) is 0 Å². The molecule has 1 amide bonds. The quantitative estimate of drug-likeness (QED) is 0.613. The summed E-state index contributed by atoms with van der Waals surface area (Å²) in [4.78, 5) is 29.1. The zero-order chi connectivity index (χ0) is 20.8. The molecule has 2 aromatic carbocycles. The SMILES string of the molecule is CC(C)CCNc1nc(=O)n(CC(=O)NCc2ccc(F)cc2)c2ccccc12. The number of aromatic nitrogens is 2. The molecule has 2 N–H and O–H groups in total. The molecule has 6 nitrogen and oxygen atoms in total. The second kappa shape index (κ2) is 9.32. The van der Waals surface area contributed by atoms with Gasteiger partial charge in [-0.3, -0.25) is 9.36 Å². The molecule has 0 aliphatic heterocycles. The molecule has 3 aromatic rings. The summed E-state index contributed by atoms with van der Waals surface area (Å²) in [5, 5.41) is 6.79. The van der Waals surface area contributed by atoms with Crippen LogP contribution >= 0.6 is 0 Å². The summed E-state index contributed by atoms with van der Waals surface area (Å²) in [5.74, 6) is 0.434. The zero-order valence-electron chi connectivity index (χ0n) is 16.6. The number of nitrogens with zero attached hydrogens (tertiary/aromatic N) is 2. The Hall–Kier alpha value is -3.22. The largest absolute Gasteiger partial charge is 0.369 e. The summed E-state index contributed by atoms with van der Waals surface area (Å²) in [7, 11) is 0. The van der Waals surface area contributed by atoms with Crippen molar-refractivity contribution in [1.82, 2.24) is 14.9 Å². The fourth-order valence-corrected chi connectivity index (χ4v) is 3.00. The summed E-state index contributed by atoms with van der Waals surface area (Å²) in [6.45, 7) is 5.11. The standard InChI is InChI=1S/C22H25FN4O2/c1-15(2)11-12-24-21-18-5-3-4-6-19(18)27(22(29)26-21)14-20(28)25-13-16-7-9-17(23)10-8-16/h3-10,15H,11-14H2,1-2H3,(H,25,28)(H,24,26,29). The van der Waals surface area contributed by atoms with Gasteiger partial charge in [-0.25, -0.2) is 9.18 Å². The maximum absolute atomic E-state index is 13.0. The lowest BCUT2D eigenvalue weighted by atomic mass is 10.1. The molecule has 0 bridgehead atoms. The lowest BCUT2D eigenvalue weighted by Gasteiger charge is -2.14. The average molecular weight is 396 g/mol. The van der Waals surface area contributed by atoms with Crippen LogP contribution in [0.1, 0.15) is 25.8 Å². The minimum atomic E-state index is -0.479. The van der Waals surface area contributed by atoms with Crippen LogP contribution < -0.4 is 16.3 Å². The average Bonchev–Trinajstić information content (AvgIpc) is 2.70. The molecule has 1 heterocycles. The van der Waals surface area contributed by atoms with Gasteiger partial charge in [0.2, 0.25) is 5.91 Å². The second-order valence-electron chi connectivity index (χ2n) is 7.36. The molecular formula is C22H25FN4O2. The Labute approximate surface area is 168 Å². The normalized spacial score (nSPS) is 11.0. The molecule has 0 spiro atoms. The Morgan fingerprint density at radius 3 is 2.59 bits per heavy atom. The van der Waals surface area contributed by atoms with E-state index in [1.165, 1.54) is 16.7 Å². The highest BCUT2D eigenvalue weighted by Crippen LogP contribution is 2.19. The highest BCUT2D eigenvalue weighted by Gasteiger charge is 2.13. The number of amides is 1. The monoisotopic (exact) mass is 396 g/mol. The molecular weight excluding hydrogens is 371 g/mol. The highest BCUT2D eigenvalue weighted by molar-refractivity contribution is 5.90. The molecule has 0 unspecified atom stereocenters. The van der Waals surface area contributed by atoms with Crippen LogP contribution in [0, 0.1) is 11.7 Å². The van der Waals surface area contributed by atoms with Crippen molar-refractivity contribution < 1.29 is 9.18 Å². The van der Waals surface area contributed by atoms with E-state index in [2.05, 4.69) is 29.5 Å². The number of nitrogens with one attached hydrogen (secondary N) is 2. The first-order valence-electron chi connectivity index (χ1n) is 9.68. The van der Waals surface area contributed by atoms with E-state index in [0.717, 1.165) is 23.9 Å². The highest BCUT2D eigenvalue weighted by atomic mass is 19.1. The summed E-state index contributed by atoms with van der Waals surface area (Å²) >= 11 is 0. The van der Waals surface area contributed by atoms with Crippen LogP contribution in [0.25, 0.3) is 10.9 Å². The minimum absolute atomic E-state index is 0.139. The third kappa shape index (κ3) is 5.40. The second-order valence-corrected chi connectivity index (χ2v) is 7.36. The van der Waals surface area contributed by atoms with Gasteiger partial charge in [0.1, 0.15) is 18.2 Å². The number of carbonyl (C=O) groups is 1. The number of carbonyl (C=O) groups excluding carboxylic acids is 1. The number of fused-ring (bicyclic) bond motifs is 1. The first kappa shape index (κ1) is 20.5. The molecule has 1 aromatic heterocycles. The van der Waals surface area contributed by atoms with E-state index in [4.69, 9.17) is 0 Å². The van der Waals surface area contributed by atoms with Gasteiger partial charge in [-0.15, -0.1) is 0 Å². The first-order chi connectivity index (χ1) is 13.9. The van der Waals surface area contributed by atoms with E-state index in [9.17, 15) is 14.0 Å². The van der Waals surface area contributed by atoms with E-state index >= 15 is 0 Å². The number of hydrogen-bond acceptors (Lipinski definition) is 4. The molecule has 7 heteroatoms. The molecule has 3 rings (SSSR count). The molecule has 29 heavy (non-hydrogen) atoms. The van der Waals surface area contributed by atoms with Crippen molar-refractivity contribution in [3.63, 3.8) is 0 Å². The van der Waals surface area contributed by atoms with E-state index in [-0.39, 0.29) is 24.8 Å². The van der Waals surface area contributed by atoms with Crippen molar-refractivity contribution in [2.75, 3.05) is 11.9 Å². The van der Waals surface area contributed by atoms with Gasteiger partial charge >= 0.3 is 5.69 Å². The van der Waals surface area contributed by atoms with Crippen LogP contribution in [0.5, 0.6) is 0 Å². The number of anilines is 1. The number of benzene rings is 2. The van der Waals surface area contributed by atoms with Crippen molar-refractivity contribution in [3.05, 3.63) is 70.4 Å². The van der Waals surface area contributed by atoms with Crippen molar-refractivity contribution in [2.24, 2.45) is 5.92 Å². The maximum atomic E-state index is 13.0. The lowest BCUT2D eigenvalue weighted by Crippen LogP contribution is -2.33. The summed E-state index contributed by atoms with van der Waals surface area (Å²) in [6, 6.07) is 13.3. The topological polar surface area (TPSA) is 76.0 Å². The summed E-state index contributed by atoms with van der Waals surface area (Å²) in [6.07, 6.45) is 0.963. The molecule has 0 aliphatic rings. The third-order valence-corrected chi connectivity index (χ3v) is 4.61. The van der Waals surface area contributed by atoms with Crippen molar-refractivity contribution in [3.8, 4) is 0 Å². The fraction of sp³-hybridized carbons (Fsp3) is 0.318. The Bertz CT molecular complexity index is 1040. The van der Waals surface area contributed by atoms with E-state index in [1.54, 1.807) is 18.2 Å². The van der Waals surface area contributed by atoms with Gasteiger partial charge < -0.3 is 10.6 Å². The van der Waals surface area contributed by atoms with Gasteiger partial charge in [0.25, 0.3) is 0 Å². The molecule has 0 fully saturated rings. The van der Waals surface area contributed by atoms with Crippen molar-refractivity contribution >= 4 is 22.6 Å². The van der Waals surface area contributed by atoms with E-state index in [0.29, 0.717) is 17.3 Å². The predicted octanol–water partition coefficient (Wildman–Crippen LogP) is 3.31. The lowest BCUT2D eigenvalue weighted by molar-refractivity contribution is -0.121. The smallest absolute Gasteiger partial charge is 0.350 e. The van der Waals surface area contributed by atoms with Crippen LogP contribution in [-0.4, -0.2) is 22.0 Å².